The van der Waals surface area contributed by atoms with Crippen LogP contribution in [0.1, 0.15) is 37.0 Å². The molecule has 0 spiro atoms. The van der Waals surface area contributed by atoms with Crippen LogP contribution in [0.15, 0.2) is 60.3 Å². The zero-order valence-electron chi connectivity index (χ0n) is 19.5. The number of hydrogen-bond donors (Lipinski definition) is 1. The minimum absolute atomic E-state index is 0.0602. The summed E-state index contributed by atoms with van der Waals surface area (Å²) in [5.41, 5.74) is 6.87. The van der Waals surface area contributed by atoms with E-state index in [-0.39, 0.29) is 5.91 Å². The summed E-state index contributed by atoms with van der Waals surface area (Å²) in [7, 11) is 4.22. The van der Waals surface area contributed by atoms with E-state index in [1.54, 1.807) is 0 Å². The molecule has 2 aromatic carbocycles. The van der Waals surface area contributed by atoms with E-state index in [1.807, 2.05) is 13.8 Å². The van der Waals surface area contributed by atoms with Gasteiger partial charge in [-0.3, -0.25) is 4.79 Å². The Morgan fingerprint density at radius 2 is 1.74 bits per heavy atom. The Hall–Kier alpha value is -2.85. The fourth-order valence-corrected chi connectivity index (χ4v) is 4.10. The van der Waals surface area contributed by atoms with Gasteiger partial charge in [-0.15, -0.1) is 0 Å². The molecule has 4 heteroatoms. The Labute approximate surface area is 186 Å². The zero-order valence-corrected chi connectivity index (χ0v) is 19.5. The topological polar surface area (TPSA) is 37.3 Å². The van der Waals surface area contributed by atoms with Crippen LogP contribution in [0.2, 0.25) is 0 Å². The molecule has 1 aromatic heterocycles. The summed E-state index contributed by atoms with van der Waals surface area (Å²) in [6.07, 6.45) is 4.00. The van der Waals surface area contributed by atoms with Crippen LogP contribution in [0.4, 0.5) is 0 Å². The van der Waals surface area contributed by atoms with Gasteiger partial charge in [0.25, 0.3) is 0 Å². The maximum atomic E-state index is 12.6. The first kappa shape index (κ1) is 22.8. The summed E-state index contributed by atoms with van der Waals surface area (Å²) < 4.78 is 2.34. The predicted octanol–water partition coefficient (Wildman–Crippen LogP) is 5.05. The van der Waals surface area contributed by atoms with Gasteiger partial charge < -0.3 is 14.8 Å². The van der Waals surface area contributed by atoms with Gasteiger partial charge in [0.2, 0.25) is 5.91 Å². The van der Waals surface area contributed by atoms with Gasteiger partial charge in [-0.2, -0.15) is 0 Å². The standard InChI is InChI=1S/C25H29N3O.C2H6/c1-18-9-11-19(12-10-18)15-21-22(16-26-25(21)29)23-17-28(14-6-13-27(2)3)24-8-5-4-7-20(23)24;1-2/h4-5,7-12,17H,6,13-16H2,1-3H3,(H,26,29);1-2H3. The third-order valence-electron chi connectivity index (χ3n) is 5.68. The minimum atomic E-state index is 0.0602. The Morgan fingerprint density at radius 1 is 1.03 bits per heavy atom. The first-order chi connectivity index (χ1) is 15.0. The van der Waals surface area contributed by atoms with E-state index in [9.17, 15) is 4.79 Å². The molecule has 31 heavy (non-hydrogen) atoms. The van der Waals surface area contributed by atoms with Crippen LogP contribution >= 0.6 is 0 Å². The van der Waals surface area contributed by atoms with E-state index in [4.69, 9.17) is 0 Å². The van der Waals surface area contributed by atoms with Crippen molar-refractivity contribution in [1.29, 1.82) is 0 Å². The lowest BCUT2D eigenvalue weighted by molar-refractivity contribution is -0.116. The summed E-state index contributed by atoms with van der Waals surface area (Å²) in [6.45, 7) is 8.72. The first-order valence-corrected chi connectivity index (χ1v) is 11.3. The highest BCUT2D eigenvalue weighted by Crippen LogP contribution is 2.32. The second-order valence-corrected chi connectivity index (χ2v) is 8.21. The number of carbonyl (C=O) groups excluding carboxylic acids is 1. The van der Waals surface area contributed by atoms with Crippen molar-refractivity contribution >= 4 is 22.4 Å². The number of rotatable bonds is 7. The van der Waals surface area contributed by atoms with Crippen LogP contribution in [-0.4, -0.2) is 42.6 Å². The number of nitrogens with one attached hydrogen (secondary N) is 1. The van der Waals surface area contributed by atoms with Crippen LogP contribution in [0.3, 0.4) is 0 Å². The molecular formula is C27H35N3O. The molecule has 0 aliphatic carbocycles. The number of fused-ring (bicyclic) bond motifs is 1. The molecule has 4 nitrogen and oxygen atoms in total. The van der Waals surface area contributed by atoms with Crippen molar-refractivity contribution in [2.45, 2.75) is 40.2 Å². The third-order valence-corrected chi connectivity index (χ3v) is 5.68. The lowest BCUT2D eigenvalue weighted by Crippen LogP contribution is -2.18. The normalized spacial score (nSPS) is 13.5. The van der Waals surface area contributed by atoms with Crippen LogP contribution in [0, 0.1) is 6.92 Å². The Balaban J connectivity index is 0.00000132. The minimum Gasteiger partial charge on any atom is -0.348 e. The fourth-order valence-electron chi connectivity index (χ4n) is 4.10. The predicted molar refractivity (Wildman–Crippen MR) is 131 cm³/mol. The highest BCUT2D eigenvalue weighted by atomic mass is 16.1. The second-order valence-electron chi connectivity index (χ2n) is 8.21. The van der Waals surface area contributed by atoms with E-state index < -0.39 is 0 Å². The third kappa shape index (κ3) is 5.26. The number of hydrogen-bond acceptors (Lipinski definition) is 2. The summed E-state index contributed by atoms with van der Waals surface area (Å²) in [5.74, 6) is 0.0602. The number of para-hydroxylation sites is 1. The second kappa shape index (κ2) is 10.5. The smallest absolute Gasteiger partial charge is 0.248 e. The van der Waals surface area contributed by atoms with Crippen molar-refractivity contribution in [3.05, 3.63) is 77.0 Å². The van der Waals surface area contributed by atoms with E-state index in [2.05, 4.69) is 90.5 Å². The molecule has 0 radical (unpaired) electrons. The van der Waals surface area contributed by atoms with Crippen LogP contribution in [0.5, 0.6) is 0 Å². The van der Waals surface area contributed by atoms with E-state index >= 15 is 0 Å². The molecule has 1 amide bonds. The molecule has 2 heterocycles. The first-order valence-electron chi connectivity index (χ1n) is 11.3. The monoisotopic (exact) mass is 417 g/mol. The summed E-state index contributed by atoms with van der Waals surface area (Å²) in [4.78, 5) is 14.9. The summed E-state index contributed by atoms with van der Waals surface area (Å²) in [5, 5.41) is 4.28. The highest BCUT2D eigenvalue weighted by molar-refractivity contribution is 6.09. The lowest BCUT2D eigenvalue weighted by Gasteiger charge is -2.10. The molecular weight excluding hydrogens is 382 g/mol. The van der Waals surface area contributed by atoms with Crippen molar-refractivity contribution in [3.63, 3.8) is 0 Å². The van der Waals surface area contributed by atoms with Crippen molar-refractivity contribution in [1.82, 2.24) is 14.8 Å². The van der Waals surface area contributed by atoms with Gasteiger partial charge in [-0.25, -0.2) is 0 Å². The van der Waals surface area contributed by atoms with Crippen molar-refractivity contribution < 1.29 is 4.79 Å². The average Bonchev–Trinajstić information content (AvgIpc) is 3.31. The largest absolute Gasteiger partial charge is 0.348 e. The number of amides is 1. The fraction of sp³-hybridized carbons (Fsp3) is 0.370. The average molecular weight is 418 g/mol. The molecule has 164 valence electrons. The van der Waals surface area contributed by atoms with Crippen LogP contribution in [0.25, 0.3) is 16.5 Å². The molecule has 0 unspecified atom stereocenters. The molecule has 4 rings (SSSR count). The molecule has 0 atom stereocenters. The molecule has 1 aliphatic heterocycles. The SMILES string of the molecule is CC.Cc1ccc(CC2=C(c3cn(CCCN(C)C)c4ccccc34)CNC2=O)cc1. The highest BCUT2D eigenvalue weighted by Gasteiger charge is 2.26. The van der Waals surface area contributed by atoms with E-state index in [0.717, 1.165) is 30.7 Å². The van der Waals surface area contributed by atoms with Crippen LogP contribution < -0.4 is 5.32 Å². The number of nitrogens with zero attached hydrogens (tertiary/aromatic N) is 2. The van der Waals surface area contributed by atoms with Gasteiger partial charge in [-0.05, 0) is 51.2 Å². The van der Waals surface area contributed by atoms with Gasteiger partial charge in [-0.1, -0.05) is 61.9 Å². The molecule has 1 N–H and O–H groups in total. The van der Waals surface area contributed by atoms with Crippen LogP contribution in [-0.2, 0) is 17.8 Å². The number of benzene rings is 2. The van der Waals surface area contributed by atoms with Gasteiger partial charge >= 0.3 is 0 Å². The molecule has 0 saturated heterocycles. The maximum Gasteiger partial charge on any atom is 0.248 e. The summed E-state index contributed by atoms with van der Waals surface area (Å²) >= 11 is 0. The zero-order chi connectivity index (χ0) is 22.4. The quantitative estimate of drug-likeness (QED) is 0.584. The number of carbonyl (C=O) groups is 1. The van der Waals surface area contributed by atoms with E-state index in [1.165, 1.54) is 27.6 Å². The molecule has 1 aliphatic rings. The molecule has 0 saturated carbocycles. The Morgan fingerprint density at radius 3 is 2.45 bits per heavy atom. The number of aryl methyl sites for hydroxylation is 2. The number of aromatic nitrogens is 1. The lowest BCUT2D eigenvalue weighted by atomic mass is 9.96. The molecule has 0 bridgehead atoms. The summed E-state index contributed by atoms with van der Waals surface area (Å²) in [6, 6.07) is 17.0. The van der Waals surface area contributed by atoms with Gasteiger partial charge in [0.05, 0.1) is 0 Å². The van der Waals surface area contributed by atoms with E-state index in [0.29, 0.717) is 13.0 Å². The van der Waals surface area contributed by atoms with Gasteiger partial charge in [0, 0.05) is 47.7 Å². The molecule has 0 fully saturated rings. The Kier molecular flexibility index (Phi) is 7.69. The van der Waals surface area contributed by atoms with Crippen molar-refractivity contribution in [3.8, 4) is 0 Å². The molecule has 3 aromatic rings. The van der Waals surface area contributed by atoms with Gasteiger partial charge in [0.15, 0.2) is 0 Å². The Bertz CT molecular complexity index is 1060. The van der Waals surface area contributed by atoms with Crippen molar-refractivity contribution in [2.24, 2.45) is 0 Å². The van der Waals surface area contributed by atoms with Gasteiger partial charge in [0.1, 0.15) is 0 Å². The maximum absolute atomic E-state index is 12.6. The van der Waals surface area contributed by atoms with Crippen molar-refractivity contribution in [2.75, 3.05) is 27.2 Å².